The number of hydrogen-bond donors (Lipinski definition) is 2. The summed E-state index contributed by atoms with van der Waals surface area (Å²) in [6.07, 6.45) is -1.04. The van der Waals surface area contributed by atoms with Gasteiger partial charge in [0, 0.05) is 36.8 Å². The highest BCUT2D eigenvalue weighted by Crippen LogP contribution is 2.23. The largest absolute Gasteiger partial charge is 0.497 e. The maximum Gasteiger partial charge on any atom is 0.410 e. The third-order valence-electron chi connectivity index (χ3n) is 8.10. The number of hydrogen-bond acceptors (Lipinski definition) is 8. The van der Waals surface area contributed by atoms with E-state index in [1.807, 2.05) is 13.8 Å². The van der Waals surface area contributed by atoms with E-state index in [2.05, 4.69) is 10.5 Å². The molecule has 0 aliphatic heterocycles. The lowest BCUT2D eigenvalue weighted by Gasteiger charge is -2.32. The Morgan fingerprint density at radius 2 is 1.54 bits per heavy atom. The maximum atomic E-state index is 14.3. The van der Waals surface area contributed by atoms with Gasteiger partial charge in [0.25, 0.3) is 11.8 Å². The maximum absolute atomic E-state index is 14.3. The second kappa shape index (κ2) is 19.1. The van der Waals surface area contributed by atoms with Crippen LogP contribution in [0, 0.1) is 16.5 Å². The van der Waals surface area contributed by atoms with Crippen molar-refractivity contribution in [3.8, 4) is 5.75 Å². The van der Waals surface area contributed by atoms with Gasteiger partial charge in [-0.15, -0.1) is 0 Å². The molecule has 0 fully saturated rings. The van der Waals surface area contributed by atoms with Crippen molar-refractivity contribution in [1.29, 1.82) is 0 Å². The Kier molecular flexibility index (Phi) is 15.2. The molecule has 3 amide bonds. The number of rotatable bonds is 17. The second-order valence-electron chi connectivity index (χ2n) is 13.8. The van der Waals surface area contributed by atoms with Crippen molar-refractivity contribution in [1.82, 2.24) is 15.1 Å². The Morgan fingerprint density at radius 1 is 0.904 bits per heavy atom. The predicted molar refractivity (Wildman–Crippen MR) is 194 cm³/mol. The summed E-state index contributed by atoms with van der Waals surface area (Å²) >= 11 is 0. The van der Waals surface area contributed by atoms with Gasteiger partial charge in [-0.25, -0.2) is 13.6 Å². The Labute approximate surface area is 304 Å². The molecule has 0 heterocycles. The van der Waals surface area contributed by atoms with Crippen LogP contribution < -0.4 is 10.1 Å². The number of aliphatic hydroxyl groups is 1. The molecule has 0 spiro atoms. The van der Waals surface area contributed by atoms with Crippen LogP contribution >= 0.6 is 0 Å². The van der Waals surface area contributed by atoms with E-state index in [9.17, 15) is 33.2 Å². The van der Waals surface area contributed by atoms with Crippen molar-refractivity contribution in [2.75, 3.05) is 26.7 Å². The molecule has 2 N–H and O–H groups in total. The number of nitrogens with zero attached hydrogens (tertiary/aromatic N) is 3. The molecule has 0 radical (unpaired) electrons. The zero-order valence-electron chi connectivity index (χ0n) is 30.9. The molecular weight excluding hydrogens is 674 g/mol. The molecule has 3 aromatic carbocycles. The van der Waals surface area contributed by atoms with Gasteiger partial charge in [-0.1, -0.05) is 31.2 Å². The van der Waals surface area contributed by atoms with Gasteiger partial charge in [-0.05, 0) is 106 Å². The SMILES string of the molecule is CCCN(CCC)C(=O)c1cc(C(=O)N[C@@H](Cc2cc(F)cc(F)c2)[C@H](O)CN(Cc2cccc(OC)c2)C(=O)OC(C)(C)C)cc(C(C)N=O)c1. The van der Waals surface area contributed by atoms with Gasteiger partial charge in [0.1, 0.15) is 29.0 Å². The van der Waals surface area contributed by atoms with E-state index in [0.29, 0.717) is 48.9 Å². The normalized spacial score (nSPS) is 13.0. The minimum Gasteiger partial charge on any atom is -0.497 e. The first-order chi connectivity index (χ1) is 24.6. The van der Waals surface area contributed by atoms with E-state index >= 15 is 0 Å². The van der Waals surface area contributed by atoms with E-state index < -0.39 is 47.4 Å². The van der Waals surface area contributed by atoms with Crippen LogP contribution in [0.25, 0.3) is 0 Å². The van der Waals surface area contributed by atoms with Crippen LogP contribution in [0.1, 0.15) is 97.8 Å². The molecule has 0 aromatic heterocycles. The molecule has 0 aliphatic rings. The van der Waals surface area contributed by atoms with Crippen molar-refractivity contribution in [3.05, 3.63) is 105 Å². The average Bonchev–Trinajstić information content (AvgIpc) is 3.08. The number of halogens is 2. The summed E-state index contributed by atoms with van der Waals surface area (Å²) in [6.45, 7) is 11.1. The number of carbonyl (C=O) groups is 3. The van der Waals surface area contributed by atoms with Gasteiger partial charge in [0.2, 0.25) is 0 Å². The Bertz CT molecular complexity index is 1670. The van der Waals surface area contributed by atoms with Crippen molar-refractivity contribution in [3.63, 3.8) is 0 Å². The van der Waals surface area contributed by atoms with Crippen LogP contribution in [-0.2, 0) is 17.7 Å². The lowest BCUT2D eigenvalue weighted by molar-refractivity contribution is 0.00836. The number of nitrogens with one attached hydrogen (secondary N) is 1. The molecule has 11 nitrogen and oxygen atoms in total. The first-order valence-electron chi connectivity index (χ1n) is 17.4. The molecule has 0 bridgehead atoms. The third kappa shape index (κ3) is 12.4. The summed E-state index contributed by atoms with van der Waals surface area (Å²) < 4.78 is 39.5. The van der Waals surface area contributed by atoms with Crippen LogP contribution in [0.2, 0.25) is 0 Å². The van der Waals surface area contributed by atoms with E-state index in [-0.39, 0.29) is 42.1 Å². The lowest BCUT2D eigenvalue weighted by atomic mass is 9.97. The van der Waals surface area contributed by atoms with Crippen LogP contribution in [0.3, 0.4) is 0 Å². The fraction of sp³-hybridized carbons (Fsp3) is 0.462. The summed E-state index contributed by atoms with van der Waals surface area (Å²) in [5, 5.41) is 17.6. The van der Waals surface area contributed by atoms with E-state index in [1.54, 1.807) is 49.9 Å². The molecular formula is C39H50F2N4O7. The van der Waals surface area contributed by atoms with Crippen LogP contribution in [0.15, 0.2) is 65.8 Å². The average molecular weight is 725 g/mol. The van der Waals surface area contributed by atoms with Gasteiger partial charge in [0.15, 0.2) is 0 Å². The number of ether oxygens (including phenoxy) is 2. The highest BCUT2D eigenvalue weighted by Gasteiger charge is 2.30. The predicted octanol–water partition coefficient (Wildman–Crippen LogP) is 7.20. The standard InChI is InChI=1S/C39H50F2N4O7/c1-8-13-44(14-9-2)37(48)30-20-28(25(3)43-50)19-29(21-30)36(47)42-34(18-27-15-31(40)22-32(41)16-27)35(46)24-45(38(49)52-39(4,5)6)23-26-11-10-12-33(17-26)51-7/h10-12,15-17,19-22,25,34-35,46H,8-9,13-14,18,23-24H2,1-7H3,(H,42,47)/t25?,34-,35+/m0/s1. The van der Waals surface area contributed by atoms with Gasteiger partial charge in [0.05, 0.1) is 25.8 Å². The fourth-order valence-corrected chi connectivity index (χ4v) is 5.64. The summed E-state index contributed by atoms with van der Waals surface area (Å²) in [5.74, 6) is -2.21. The zero-order valence-corrected chi connectivity index (χ0v) is 30.9. The summed E-state index contributed by atoms with van der Waals surface area (Å²) in [5.41, 5.74) is 0.441. The number of aliphatic hydroxyl groups excluding tert-OH is 1. The van der Waals surface area contributed by atoms with Crippen LogP contribution in [-0.4, -0.2) is 77.3 Å². The molecule has 282 valence electrons. The van der Waals surface area contributed by atoms with Crippen molar-refractivity contribution >= 4 is 17.9 Å². The van der Waals surface area contributed by atoms with Crippen LogP contribution in [0.4, 0.5) is 13.6 Å². The first-order valence-corrected chi connectivity index (χ1v) is 17.4. The molecule has 3 aromatic rings. The topological polar surface area (TPSA) is 138 Å². The molecule has 52 heavy (non-hydrogen) atoms. The van der Waals surface area contributed by atoms with E-state index in [4.69, 9.17) is 9.47 Å². The van der Waals surface area contributed by atoms with E-state index in [0.717, 1.165) is 12.1 Å². The minimum atomic E-state index is -1.49. The quantitative estimate of drug-likeness (QED) is 0.141. The number of nitroso groups, excluding NO2 is 1. The smallest absolute Gasteiger partial charge is 0.410 e. The molecule has 0 aliphatic carbocycles. The molecule has 3 atom stereocenters. The number of amides is 3. The van der Waals surface area contributed by atoms with Gasteiger partial charge in [-0.3, -0.25) is 9.59 Å². The second-order valence-corrected chi connectivity index (χ2v) is 13.8. The molecule has 1 unspecified atom stereocenters. The summed E-state index contributed by atoms with van der Waals surface area (Å²) in [4.78, 5) is 55.5. The highest BCUT2D eigenvalue weighted by molar-refractivity contribution is 6.00. The van der Waals surface area contributed by atoms with Gasteiger partial charge in [-0.2, -0.15) is 4.91 Å². The molecule has 13 heteroatoms. The number of carbonyl (C=O) groups excluding carboxylic acids is 3. The van der Waals surface area contributed by atoms with Crippen molar-refractivity contribution < 1.29 is 37.7 Å². The molecule has 0 saturated carbocycles. The van der Waals surface area contributed by atoms with E-state index in [1.165, 1.54) is 37.1 Å². The molecule has 0 saturated heterocycles. The minimum absolute atomic E-state index is 0.00540. The zero-order chi connectivity index (χ0) is 38.6. The monoisotopic (exact) mass is 724 g/mol. The van der Waals surface area contributed by atoms with Crippen molar-refractivity contribution in [2.24, 2.45) is 5.18 Å². The number of methoxy groups -OCH3 is 1. The van der Waals surface area contributed by atoms with Gasteiger partial charge < -0.3 is 29.7 Å². The summed E-state index contributed by atoms with van der Waals surface area (Å²) in [6, 6.07) is 12.1. The lowest BCUT2D eigenvalue weighted by Crippen LogP contribution is -2.51. The first kappa shape index (κ1) is 41.5. The highest BCUT2D eigenvalue weighted by atomic mass is 19.1. The van der Waals surface area contributed by atoms with Gasteiger partial charge >= 0.3 is 6.09 Å². The molecule has 3 rings (SSSR count). The summed E-state index contributed by atoms with van der Waals surface area (Å²) in [7, 11) is 1.51. The Balaban J connectivity index is 2.04. The fourth-order valence-electron chi connectivity index (χ4n) is 5.64. The Hall–Kier alpha value is -4.91. The van der Waals surface area contributed by atoms with Crippen molar-refractivity contribution in [2.45, 2.75) is 91.1 Å². The number of benzene rings is 3. The van der Waals surface area contributed by atoms with Crippen LogP contribution in [0.5, 0.6) is 5.75 Å². The Morgan fingerprint density at radius 3 is 2.12 bits per heavy atom. The third-order valence-corrected chi connectivity index (χ3v) is 8.10.